The van der Waals surface area contributed by atoms with E-state index in [1.807, 2.05) is 17.9 Å². The Bertz CT molecular complexity index is 427. The number of nitrogen functional groups attached to an aromatic ring is 1. The maximum absolute atomic E-state index is 12.0. The van der Waals surface area contributed by atoms with Crippen molar-refractivity contribution in [3.05, 3.63) is 17.8 Å². The number of pyridine rings is 1. The quantitative estimate of drug-likeness (QED) is 0.848. The van der Waals surface area contributed by atoms with E-state index >= 15 is 0 Å². The lowest BCUT2D eigenvalue weighted by Gasteiger charge is -2.26. The number of carbonyl (C=O) groups excluding carboxylic acids is 1. The van der Waals surface area contributed by atoms with Crippen molar-refractivity contribution in [3.63, 3.8) is 0 Å². The van der Waals surface area contributed by atoms with Crippen LogP contribution in [-0.2, 0) is 4.79 Å². The fourth-order valence-corrected chi connectivity index (χ4v) is 2.20. The van der Waals surface area contributed by atoms with Gasteiger partial charge < -0.3 is 16.0 Å². The Balaban J connectivity index is 1.88. The van der Waals surface area contributed by atoms with E-state index in [0.717, 1.165) is 37.3 Å². The second kappa shape index (κ2) is 5.71. The first kappa shape index (κ1) is 12.7. The van der Waals surface area contributed by atoms with Crippen molar-refractivity contribution in [1.82, 2.24) is 9.88 Å². The van der Waals surface area contributed by atoms with Crippen LogP contribution in [0, 0.1) is 6.92 Å². The molecule has 5 heteroatoms. The molecule has 0 aliphatic carbocycles. The molecule has 2 rings (SSSR count). The summed E-state index contributed by atoms with van der Waals surface area (Å²) in [5.74, 6) is 0.877. The van der Waals surface area contributed by atoms with Crippen LogP contribution in [0.3, 0.4) is 0 Å². The third-order valence-corrected chi connectivity index (χ3v) is 3.22. The lowest BCUT2D eigenvalue weighted by molar-refractivity contribution is -0.130. The SMILES string of the molecule is Cc1cc(N)cnc1NCC(=O)N1CCCCC1. The smallest absolute Gasteiger partial charge is 0.241 e. The van der Waals surface area contributed by atoms with Gasteiger partial charge in [-0.3, -0.25) is 4.79 Å². The average Bonchev–Trinajstić information content (AvgIpc) is 2.38. The first-order valence-corrected chi connectivity index (χ1v) is 6.40. The fraction of sp³-hybridized carbons (Fsp3) is 0.538. The van der Waals surface area contributed by atoms with Gasteiger partial charge in [0.1, 0.15) is 5.82 Å². The van der Waals surface area contributed by atoms with Crippen LogP contribution in [0.5, 0.6) is 0 Å². The number of piperidine rings is 1. The summed E-state index contributed by atoms with van der Waals surface area (Å²) in [6.45, 7) is 4.00. The number of hydrogen-bond acceptors (Lipinski definition) is 4. The molecule has 2 heterocycles. The number of carbonyl (C=O) groups is 1. The van der Waals surface area contributed by atoms with Gasteiger partial charge in [-0.2, -0.15) is 0 Å². The van der Waals surface area contributed by atoms with Crippen LogP contribution in [0.25, 0.3) is 0 Å². The summed E-state index contributed by atoms with van der Waals surface area (Å²) >= 11 is 0. The minimum atomic E-state index is 0.146. The van der Waals surface area contributed by atoms with E-state index in [2.05, 4.69) is 10.3 Å². The van der Waals surface area contributed by atoms with Crippen molar-refractivity contribution in [3.8, 4) is 0 Å². The van der Waals surface area contributed by atoms with Crippen molar-refractivity contribution in [2.75, 3.05) is 30.7 Å². The van der Waals surface area contributed by atoms with Gasteiger partial charge in [0, 0.05) is 13.1 Å². The van der Waals surface area contributed by atoms with E-state index in [4.69, 9.17) is 5.73 Å². The number of nitrogens with zero attached hydrogens (tertiary/aromatic N) is 2. The molecule has 1 saturated heterocycles. The van der Waals surface area contributed by atoms with Gasteiger partial charge in [0.05, 0.1) is 18.4 Å². The highest BCUT2D eigenvalue weighted by Crippen LogP contribution is 2.14. The van der Waals surface area contributed by atoms with Gasteiger partial charge in [-0.15, -0.1) is 0 Å². The summed E-state index contributed by atoms with van der Waals surface area (Å²) < 4.78 is 0. The molecule has 1 aromatic heterocycles. The molecule has 0 aromatic carbocycles. The van der Waals surface area contributed by atoms with Gasteiger partial charge in [-0.1, -0.05) is 0 Å². The molecule has 0 spiro atoms. The number of hydrogen-bond donors (Lipinski definition) is 2. The van der Waals surface area contributed by atoms with Crippen LogP contribution in [0.4, 0.5) is 11.5 Å². The molecule has 1 aromatic rings. The highest BCUT2D eigenvalue weighted by molar-refractivity contribution is 5.80. The summed E-state index contributed by atoms with van der Waals surface area (Å²) in [4.78, 5) is 18.1. The predicted octanol–water partition coefficient (Wildman–Crippen LogP) is 1.40. The number of aryl methyl sites for hydroxylation is 1. The number of nitrogens with one attached hydrogen (secondary N) is 1. The molecule has 0 bridgehead atoms. The highest BCUT2D eigenvalue weighted by atomic mass is 16.2. The van der Waals surface area contributed by atoms with E-state index in [-0.39, 0.29) is 5.91 Å². The monoisotopic (exact) mass is 248 g/mol. The topological polar surface area (TPSA) is 71.2 Å². The summed E-state index contributed by atoms with van der Waals surface area (Å²) in [5, 5.41) is 3.08. The van der Waals surface area contributed by atoms with Crippen LogP contribution in [-0.4, -0.2) is 35.4 Å². The van der Waals surface area contributed by atoms with Crippen molar-refractivity contribution in [1.29, 1.82) is 0 Å². The van der Waals surface area contributed by atoms with Gasteiger partial charge in [0.15, 0.2) is 0 Å². The van der Waals surface area contributed by atoms with E-state index in [9.17, 15) is 4.79 Å². The van der Waals surface area contributed by atoms with Crippen LogP contribution in [0.2, 0.25) is 0 Å². The number of nitrogens with two attached hydrogens (primary N) is 1. The van der Waals surface area contributed by atoms with E-state index in [1.165, 1.54) is 6.42 Å². The maximum Gasteiger partial charge on any atom is 0.241 e. The molecule has 1 aliphatic rings. The van der Waals surface area contributed by atoms with Gasteiger partial charge in [-0.25, -0.2) is 4.98 Å². The van der Waals surface area contributed by atoms with Gasteiger partial charge >= 0.3 is 0 Å². The van der Waals surface area contributed by atoms with Crippen LogP contribution < -0.4 is 11.1 Å². The van der Waals surface area contributed by atoms with Crippen molar-refractivity contribution in [2.24, 2.45) is 0 Å². The third kappa shape index (κ3) is 3.12. The minimum Gasteiger partial charge on any atom is -0.397 e. The molecule has 98 valence electrons. The predicted molar refractivity (Wildman–Crippen MR) is 72.3 cm³/mol. The molecule has 1 amide bonds. The van der Waals surface area contributed by atoms with Crippen LogP contribution in [0.15, 0.2) is 12.3 Å². The summed E-state index contributed by atoms with van der Waals surface area (Å²) in [5.41, 5.74) is 7.23. The Labute approximate surface area is 107 Å². The molecular weight excluding hydrogens is 228 g/mol. The Morgan fingerprint density at radius 2 is 2.17 bits per heavy atom. The molecule has 1 fully saturated rings. The molecule has 5 nitrogen and oxygen atoms in total. The highest BCUT2D eigenvalue weighted by Gasteiger charge is 2.16. The molecular formula is C13H20N4O. The maximum atomic E-state index is 12.0. The largest absolute Gasteiger partial charge is 0.397 e. The van der Waals surface area contributed by atoms with E-state index in [0.29, 0.717) is 12.2 Å². The zero-order chi connectivity index (χ0) is 13.0. The third-order valence-electron chi connectivity index (χ3n) is 3.22. The van der Waals surface area contributed by atoms with E-state index in [1.54, 1.807) is 6.20 Å². The number of aromatic nitrogens is 1. The molecule has 3 N–H and O–H groups in total. The van der Waals surface area contributed by atoms with Gasteiger partial charge in [0.2, 0.25) is 5.91 Å². The standard InChI is InChI=1S/C13H20N4O/c1-10-7-11(14)8-15-13(10)16-9-12(18)17-5-3-2-4-6-17/h7-8H,2-6,9,14H2,1H3,(H,15,16). The lowest BCUT2D eigenvalue weighted by atomic mass is 10.1. The number of likely N-dealkylation sites (tertiary alicyclic amines) is 1. The zero-order valence-corrected chi connectivity index (χ0v) is 10.8. The van der Waals surface area contributed by atoms with Crippen LogP contribution in [0.1, 0.15) is 24.8 Å². The summed E-state index contributed by atoms with van der Waals surface area (Å²) in [7, 11) is 0. The molecule has 1 aliphatic heterocycles. The van der Waals surface area contributed by atoms with E-state index < -0.39 is 0 Å². The Hall–Kier alpha value is -1.78. The molecule has 18 heavy (non-hydrogen) atoms. The second-order valence-electron chi connectivity index (χ2n) is 4.73. The Morgan fingerprint density at radius 3 is 2.83 bits per heavy atom. The Morgan fingerprint density at radius 1 is 1.44 bits per heavy atom. The molecule has 0 unspecified atom stereocenters. The summed E-state index contributed by atoms with van der Waals surface area (Å²) in [6, 6.07) is 1.85. The van der Waals surface area contributed by atoms with Gasteiger partial charge in [0.25, 0.3) is 0 Å². The second-order valence-corrected chi connectivity index (χ2v) is 4.73. The number of anilines is 2. The molecule has 0 radical (unpaired) electrons. The zero-order valence-electron chi connectivity index (χ0n) is 10.8. The minimum absolute atomic E-state index is 0.146. The number of rotatable bonds is 3. The van der Waals surface area contributed by atoms with Crippen LogP contribution >= 0.6 is 0 Å². The Kier molecular flexibility index (Phi) is 4.02. The van der Waals surface area contributed by atoms with Crippen molar-refractivity contribution >= 4 is 17.4 Å². The molecule has 0 atom stereocenters. The van der Waals surface area contributed by atoms with Gasteiger partial charge in [-0.05, 0) is 37.8 Å². The lowest BCUT2D eigenvalue weighted by Crippen LogP contribution is -2.39. The molecule has 0 saturated carbocycles. The van der Waals surface area contributed by atoms with Crippen molar-refractivity contribution in [2.45, 2.75) is 26.2 Å². The first-order chi connectivity index (χ1) is 8.66. The van der Waals surface area contributed by atoms with Crippen molar-refractivity contribution < 1.29 is 4.79 Å². The number of amides is 1. The first-order valence-electron chi connectivity index (χ1n) is 6.40. The summed E-state index contributed by atoms with van der Waals surface area (Å²) in [6.07, 6.45) is 5.06. The average molecular weight is 248 g/mol. The fourth-order valence-electron chi connectivity index (χ4n) is 2.20. The normalized spacial score (nSPS) is 15.5.